The summed E-state index contributed by atoms with van der Waals surface area (Å²) in [5.41, 5.74) is 19.4. The number of ether oxygens (including phenoxy) is 2. The molecule has 1 N–H and O–H groups in total. The van der Waals surface area contributed by atoms with Gasteiger partial charge in [-0.3, -0.25) is 9.79 Å². The Morgan fingerprint density at radius 2 is 1.06 bits per heavy atom. The number of carbonyl (C=O) groups is 1. The van der Waals surface area contributed by atoms with Crippen molar-refractivity contribution in [1.82, 2.24) is 4.98 Å². The standard InChI is InChI=1S/C67H65Cl2N5O3/c1-45-11-19-49(20-12-45)64-55-31-33-57(70-55)65(50-21-13-46(2)14-22-50)59-35-37-61(72-59)67(62-38-36-60(73-62)66(58-34-32-56(64)71-58)51-23-15-47(3)16-24-51)52-25-29-54(30-26-52)76-43-6-4-5-7-44-77-63(75)10-8-9-48-17-27-53(28-18-48)74(41-39-68)42-40-69/h11-33,35-38,73H,4-10,34,39-44H2,1-3H3. The van der Waals surface area contributed by atoms with Crippen LogP contribution in [0.5, 0.6) is 5.75 Å². The van der Waals surface area contributed by atoms with E-state index in [-0.39, 0.29) is 5.97 Å². The number of allylic oxidation sites excluding steroid dienone is 7. The van der Waals surface area contributed by atoms with Gasteiger partial charge in [-0.25, -0.2) is 9.98 Å². The molecule has 6 aromatic rings. The summed E-state index contributed by atoms with van der Waals surface area (Å²) in [7, 11) is 0. The fraction of sp³-hybridized carbons (Fsp3) is 0.254. The van der Waals surface area contributed by atoms with Crippen LogP contribution in [0.3, 0.4) is 0 Å². The molecule has 0 amide bonds. The average molecular weight is 1060 g/mol. The zero-order valence-corrected chi connectivity index (χ0v) is 45.8. The number of esters is 1. The number of H-pyrrole nitrogens is 1. The fourth-order valence-electron chi connectivity index (χ4n) is 10.3. The maximum atomic E-state index is 12.5. The van der Waals surface area contributed by atoms with Crippen molar-refractivity contribution in [2.24, 2.45) is 15.0 Å². The van der Waals surface area contributed by atoms with Crippen LogP contribution in [-0.4, -0.2) is 66.2 Å². The van der Waals surface area contributed by atoms with Gasteiger partial charge in [-0.1, -0.05) is 120 Å². The second kappa shape index (κ2) is 25.1. The van der Waals surface area contributed by atoms with E-state index >= 15 is 0 Å². The Hall–Kier alpha value is -7.52. The van der Waals surface area contributed by atoms with Gasteiger partial charge in [-0.05, 0) is 148 Å². The fourth-order valence-corrected chi connectivity index (χ4v) is 10.7. The highest BCUT2D eigenvalue weighted by atomic mass is 35.5. The first kappa shape index (κ1) is 52.9. The van der Waals surface area contributed by atoms with Crippen LogP contribution in [-0.2, 0) is 16.0 Å². The molecule has 8 bridgehead atoms. The van der Waals surface area contributed by atoms with Crippen molar-refractivity contribution in [3.8, 4) is 5.75 Å². The predicted molar refractivity (Wildman–Crippen MR) is 320 cm³/mol. The number of aryl methyl sites for hydroxylation is 4. The van der Waals surface area contributed by atoms with E-state index in [0.29, 0.717) is 37.8 Å². The monoisotopic (exact) mass is 1060 g/mol. The van der Waals surface area contributed by atoms with E-state index in [1.165, 1.54) is 22.3 Å². The third kappa shape index (κ3) is 12.8. The molecule has 0 spiro atoms. The quantitative estimate of drug-likeness (QED) is 0.0442. The van der Waals surface area contributed by atoms with Crippen LogP contribution in [0.25, 0.3) is 22.3 Å². The van der Waals surface area contributed by atoms with Crippen LogP contribution in [0, 0.1) is 20.8 Å². The maximum Gasteiger partial charge on any atom is 0.305 e. The number of hydrogen-bond acceptors (Lipinski definition) is 7. The number of benzene rings is 5. The summed E-state index contributed by atoms with van der Waals surface area (Å²) in [5.74, 6) is 1.77. The number of alkyl halides is 2. The molecule has 0 radical (unpaired) electrons. The highest BCUT2D eigenvalue weighted by Crippen LogP contribution is 2.38. The van der Waals surface area contributed by atoms with E-state index in [0.717, 1.165) is 153 Å². The van der Waals surface area contributed by atoms with Gasteiger partial charge in [0, 0.05) is 76.4 Å². The molecule has 0 unspecified atom stereocenters. The van der Waals surface area contributed by atoms with Crippen LogP contribution in [0.4, 0.5) is 5.69 Å². The number of unbranched alkanes of at least 4 members (excludes halogenated alkanes) is 3. The predicted octanol–water partition coefficient (Wildman–Crippen LogP) is 13.7. The Kier molecular flexibility index (Phi) is 17.2. The number of nitrogens with zero attached hydrogens (tertiary/aromatic N) is 4. The lowest BCUT2D eigenvalue weighted by Gasteiger charge is -2.23. The Bertz CT molecular complexity index is 3500. The molecule has 0 fully saturated rings. The lowest BCUT2D eigenvalue weighted by molar-refractivity contribution is -0.143. The molecule has 0 aliphatic carbocycles. The van der Waals surface area contributed by atoms with Gasteiger partial charge in [-0.2, -0.15) is 0 Å². The number of fused-ring (bicyclic) bond motifs is 5. The summed E-state index contributed by atoms with van der Waals surface area (Å²) in [6, 6.07) is 47.2. The van der Waals surface area contributed by atoms with Crippen LogP contribution in [0.15, 0.2) is 196 Å². The summed E-state index contributed by atoms with van der Waals surface area (Å²) >= 11 is 12.0. The molecule has 10 heteroatoms. The molecule has 4 aliphatic heterocycles. The van der Waals surface area contributed by atoms with Crippen molar-refractivity contribution in [2.75, 3.05) is 43.0 Å². The number of hydrogen-bond donors (Lipinski definition) is 1. The number of aliphatic imine (C=N–C) groups is 3. The van der Waals surface area contributed by atoms with Gasteiger partial charge in [0.2, 0.25) is 0 Å². The number of anilines is 1. The van der Waals surface area contributed by atoms with Crippen LogP contribution in [0.2, 0.25) is 0 Å². The Morgan fingerprint density at radius 1 is 0.545 bits per heavy atom. The highest BCUT2D eigenvalue weighted by Gasteiger charge is 2.26. The number of rotatable bonds is 21. The first-order valence-corrected chi connectivity index (χ1v) is 28.1. The van der Waals surface area contributed by atoms with Crippen molar-refractivity contribution in [3.63, 3.8) is 0 Å². The van der Waals surface area contributed by atoms with Gasteiger partial charge >= 0.3 is 5.97 Å². The number of halogens is 2. The lowest BCUT2D eigenvalue weighted by Crippen LogP contribution is -2.27. The van der Waals surface area contributed by atoms with E-state index in [1.807, 2.05) is 0 Å². The van der Waals surface area contributed by atoms with Crippen molar-refractivity contribution in [1.29, 1.82) is 0 Å². The summed E-state index contributed by atoms with van der Waals surface area (Å²) in [5, 5.41) is 1.92. The van der Waals surface area contributed by atoms with Crippen LogP contribution in [0.1, 0.15) is 89.5 Å². The van der Waals surface area contributed by atoms with E-state index in [2.05, 4.69) is 194 Å². The maximum absolute atomic E-state index is 12.5. The Labute approximate surface area is 463 Å². The molecule has 0 atom stereocenters. The Morgan fingerprint density at radius 3 is 1.68 bits per heavy atom. The number of nitrogens with one attached hydrogen (secondary N) is 1. The third-order valence-electron chi connectivity index (χ3n) is 14.4. The van der Waals surface area contributed by atoms with Crippen molar-refractivity contribution in [2.45, 2.75) is 72.1 Å². The van der Waals surface area contributed by atoms with E-state index in [1.54, 1.807) is 0 Å². The molecule has 5 aromatic carbocycles. The van der Waals surface area contributed by atoms with Gasteiger partial charge in [0.05, 0.1) is 47.4 Å². The smallest absolute Gasteiger partial charge is 0.305 e. The SMILES string of the molecule is Cc1ccc(C2=C3C=CC(=N3)C(c3ccc(C)cc3)=C3C=CC(=N3)C(c3ccc(OCCCCCCOC(=O)CCCc4ccc(N(CCCl)CCCl)cc4)cc3)=c3ccc([nH]3)=C(c3ccc(C)cc3)C3=NC2=CC3)cc1. The van der Waals surface area contributed by atoms with E-state index in [4.69, 9.17) is 47.7 Å². The molecule has 390 valence electrons. The zero-order valence-electron chi connectivity index (χ0n) is 44.3. The van der Waals surface area contributed by atoms with Crippen molar-refractivity contribution >= 4 is 74.3 Å². The van der Waals surface area contributed by atoms with E-state index in [9.17, 15) is 4.79 Å². The second-order valence-corrected chi connectivity index (χ2v) is 20.8. The normalized spacial score (nSPS) is 14.8. The van der Waals surface area contributed by atoms with Gasteiger partial charge in [0.25, 0.3) is 0 Å². The molecule has 77 heavy (non-hydrogen) atoms. The average Bonchev–Trinajstić information content (AvgIpc) is 4.37. The van der Waals surface area contributed by atoms with Crippen LogP contribution < -0.4 is 20.3 Å². The lowest BCUT2D eigenvalue weighted by atomic mass is 9.98. The Balaban J connectivity index is 0.859. The summed E-state index contributed by atoms with van der Waals surface area (Å²) in [6.45, 7) is 8.90. The first-order chi connectivity index (χ1) is 37.7. The molecule has 4 aliphatic rings. The minimum atomic E-state index is -0.137. The third-order valence-corrected chi connectivity index (χ3v) is 14.7. The topological polar surface area (TPSA) is 91.6 Å². The van der Waals surface area contributed by atoms with Gasteiger partial charge < -0.3 is 19.4 Å². The molecular weight excluding hydrogens is 994 g/mol. The number of carbonyl (C=O) groups excluding carboxylic acids is 1. The number of aromatic amines is 1. The highest BCUT2D eigenvalue weighted by molar-refractivity contribution is 6.35. The van der Waals surface area contributed by atoms with Gasteiger partial charge in [0.15, 0.2) is 0 Å². The molecule has 10 rings (SSSR count). The molecular formula is C67H65Cl2N5O3. The molecule has 0 saturated carbocycles. The minimum absolute atomic E-state index is 0.137. The van der Waals surface area contributed by atoms with Gasteiger partial charge in [0.1, 0.15) is 5.75 Å². The van der Waals surface area contributed by atoms with Crippen molar-refractivity contribution < 1.29 is 14.3 Å². The summed E-state index contributed by atoms with van der Waals surface area (Å²) in [6.07, 6.45) is 17.1. The minimum Gasteiger partial charge on any atom is -0.494 e. The van der Waals surface area contributed by atoms with Gasteiger partial charge in [-0.15, -0.1) is 23.2 Å². The summed E-state index contributed by atoms with van der Waals surface area (Å²) in [4.78, 5) is 35.0. The van der Waals surface area contributed by atoms with Crippen molar-refractivity contribution in [3.05, 3.63) is 236 Å². The molecule has 8 nitrogen and oxygen atoms in total. The number of aromatic nitrogens is 1. The van der Waals surface area contributed by atoms with Crippen LogP contribution >= 0.6 is 23.2 Å². The summed E-state index contributed by atoms with van der Waals surface area (Å²) < 4.78 is 11.9. The van der Waals surface area contributed by atoms with E-state index < -0.39 is 0 Å². The largest absolute Gasteiger partial charge is 0.494 e. The molecule has 1 aromatic heterocycles. The zero-order chi connectivity index (χ0) is 53.1. The first-order valence-electron chi connectivity index (χ1n) is 27.0. The molecule has 5 heterocycles. The molecule has 0 saturated heterocycles. The second-order valence-electron chi connectivity index (χ2n) is 20.1.